The van der Waals surface area contributed by atoms with Gasteiger partial charge in [0.1, 0.15) is 0 Å². The van der Waals surface area contributed by atoms with Crippen LogP contribution in [-0.2, 0) is 0 Å². The van der Waals surface area contributed by atoms with Crippen LogP contribution in [0.2, 0.25) is 0 Å². The highest BCUT2D eigenvalue weighted by Crippen LogP contribution is 2.38. The van der Waals surface area contributed by atoms with Gasteiger partial charge in [-0.3, -0.25) is 0 Å². The van der Waals surface area contributed by atoms with Crippen molar-refractivity contribution in [1.82, 2.24) is 9.97 Å². The second-order valence-electron chi connectivity index (χ2n) is 11.3. The number of fused-ring (bicyclic) bond motifs is 6. The monoisotopic (exact) mass is 538 g/mol. The summed E-state index contributed by atoms with van der Waals surface area (Å²) >= 11 is 0. The van der Waals surface area contributed by atoms with Gasteiger partial charge >= 0.3 is 0 Å². The first-order chi connectivity index (χ1) is 20.7. The molecule has 2 aromatic heterocycles. The van der Waals surface area contributed by atoms with Crippen molar-refractivity contribution in [1.29, 1.82) is 0 Å². The van der Waals surface area contributed by atoms with Crippen molar-refractivity contribution < 1.29 is 0 Å². The van der Waals surface area contributed by atoms with Gasteiger partial charge in [-0.1, -0.05) is 121 Å². The molecule has 200 valence electrons. The minimum Gasteiger partial charge on any atom is -0.355 e. The van der Waals surface area contributed by atoms with Crippen molar-refractivity contribution in [3.63, 3.8) is 0 Å². The van der Waals surface area contributed by atoms with Gasteiger partial charge < -0.3 is 9.97 Å². The van der Waals surface area contributed by atoms with Crippen LogP contribution in [0.3, 0.4) is 0 Å². The summed E-state index contributed by atoms with van der Waals surface area (Å²) in [7, 11) is 0. The van der Waals surface area contributed by atoms with E-state index in [1.807, 2.05) is 0 Å². The number of hydrogen-bond donors (Lipinski definition) is 2. The van der Waals surface area contributed by atoms with Crippen molar-refractivity contribution >= 4 is 61.3 Å². The first-order valence-electron chi connectivity index (χ1n) is 14.6. The summed E-state index contributed by atoms with van der Waals surface area (Å²) in [6.45, 7) is 0. The van der Waals surface area contributed by atoms with Gasteiger partial charge in [0.05, 0.1) is 0 Å². The molecule has 0 saturated carbocycles. The molecule has 0 bridgehead atoms. The van der Waals surface area contributed by atoms with E-state index in [0.29, 0.717) is 0 Å². The van der Waals surface area contributed by atoms with Gasteiger partial charge in [-0.05, 0) is 65.1 Å². The maximum Gasteiger partial charge on any atom is 0.0465 e. The summed E-state index contributed by atoms with van der Waals surface area (Å²) in [4.78, 5) is 7.08. The molecule has 0 radical (unpaired) electrons. The predicted octanol–water partition coefficient (Wildman–Crippen LogP) is 10.7. The van der Waals surface area contributed by atoms with E-state index in [-0.39, 0.29) is 5.41 Å². The zero-order valence-corrected chi connectivity index (χ0v) is 23.2. The molecule has 0 atom stereocenters. The molecule has 0 saturated heterocycles. The zero-order chi connectivity index (χ0) is 27.9. The van der Waals surface area contributed by atoms with E-state index in [1.165, 1.54) is 65.9 Å². The summed E-state index contributed by atoms with van der Waals surface area (Å²) in [5, 5.41) is 5.04. The van der Waals surface area contributed by atoms with Crippen molar-refractivity contribution in [2.24, 2.45) is 5.41 Å². The quantitative estimate of drug-likeness (QED) is 0.218. The van der Waals surface area contributed by atoms with Gasteiger partial charge in [-0.15, -0.1) is 0 Å². The van der Waals surface area contributed by atoms with Crippen LogP contribution in [0, 0.1) is 5.41 Å². The summed E-state index contributed by atoms with van der Waals surface area (Å²) < 4.78 is 0. The molecule has 8 rings (SSSR count). The van der Waals surface area contributed by atoms with Crippen molar-refractivity contribution in [2.75, 3.05) is 0 Å². The fourth-order valence-electron chi connectivity index (χ4n) is 6.26. The second kappa shape index (κ2) is 9.94. The molecular formula is C40H30N2. The molecule has 2 nitrogen and oxygen atoms in total. The fraction of sp³-hybridized carbons (Fsp3) is 0.0500. The maximum atomic E-state index is 3.54. The molecule has 0 fully saturated rings. The van der Waals surface area contributed by atoms with E-state index in [1.54, 1.807) is 0 Å². The molecule has 42 heavy (non-hydrogen) atoms. The first kappa shape index (κ1) is 24.5. The Balaban J connectivity index is 1.17. The van der Waals surface area contributed by atoms with Crippen LogP contribution in [0.15, 0.2) is 146 Å². The molecule has 0 unspecified atom stereocenters. The van der Waals surface area contributed by atoms with Gasteiger partial charge in [0.25, 0.3) is 0 Å². The van der Waals surface area contributed by atoms with E-state index in [4.69, 9.17) is 0 Å². The first-order valence-corrected chi connectivity index (χ1v) is 14.6. The van der Waals surface area contributed by atoms with Crippen molar-refractivity contribution in [2.45, 2.75) is 6.42 Å². The zero-order valence-electron chi connectivity index (χ0n) is 23.2. The average molecular weight is 539 g/mol. The van der Waals surface area contributed by atoms with Crippen LogP contribution in [0.1, 0.15) is 23.1 Å². The number of aromatic nitrogens is 2. The van der Waals surface area contributed by atoms with Gasteiger partial charge in [0, 0.05) is 49.0 Å². The molecule has 0 aliphatic heterocycles. The van der Waals surface area contributed by atoms with E-state index in [9.17, 15) is 0 Å². The molecule has 1 aliphatic rings. The Morgan fingerprint density at radius 2 is 1.05 bits per heavy atom. The highest BCUT2D eigenvalue weighted by atomic mass is 14.7. The number of hydrogen-bond acceptors (Lipinski definition) is 0. The lowest BCUT2D eigenvalue weighted by atomic mass is 9.77. The molecule has 2 heteroatoms. The molecule has 2 N–H and O–H groups in total. The maximum absolute atomic E-state index is 3.54. The smallest absolute Gasteiger partial charge is 0.0465 e. The van der Waals surface area contributed by atoms with Crippen LogP contribution in [0.25, 0.3) is 61.3 Å². The van der Waals surface area contributed by atoms with Gasteiger partial charge in [-0.2, -0.15) is 0 Å². The molecule has 0 amide bonds. The Morgan fingerprint density at radius 3 is 1.60 bits per heavy atom. The van der Waals surface area contributed by atoms with Gasteiger partial charge in [0.15, 0.2) is 0 Å². The Morgan fingerprint density at radius 1 is 0.524 bits per heavy atom. The van der Waals surface area contributed by atoms with Crippen LogP contribution in [0.5, 0.6) is 0 Å². The number of aromatic amines is 2. The second-order valence-corrected chi connectivity index (χ2v) is 11.3. The average Bonchev–Trinajstić information content (AvgIpc) is 3.61. The number of nitrogens with one attached hydrogen (secondary N) is 2. The standard InChI is InChI=1S/C40H30N2/c1-2-8-30(9-3-1)31-20-24-40(25-21-31,22-18-28-14-16-38-34(26-28)32-10-4-6-12-36(32)41-38)23-19-29-15-17-39-35(27-29)33-11-5-7-13-37(33)42-39/h1-24,26-27,41-42H,25H2. The Hall–Kier alpha value is -5.34. The van der Waals surface area contributed by atoms with Crippen LogP contribution < -0.4 is 0 Å². The van der Waals surface area contributed by atoms with E-state index in [2.05, 4.69) is 168 Å². The minimum atomic E-state index is -0.234. The minimum absolute atomic E-state index is 0.234. The molecule has 5 aromatic carbocycles. The molecule has 1 aliphatic carbocycles. The molecule has 2 heterocycles. The Labute approximate surface area is 245 Å². The normalized spacial score (nSPS) is 17.4. The van der Waals surface area contributed by atoms with Gasteiger partial charge in [-0.25, -0.2) is 0 Å². The summed E-state index contributed by atoms with van der Waals surface area (Å²) in [6, 6.07) is 41.1. The largest absolute Gasteiger partial charge is 0.355 e. The van der Waals surface area contributed by atoms with E-state index >= 15 is 0 Å². The molecule has 7 aromatic rings. The Bertz CT molecular complexity index is 2090. The SMILES string of the molecule is C1=CC(C=Cc2ccc3[nH]c4ccccc4c3c2)(C=Cc2ccc3[nH]c4ccccc4c3c2)CC=C1c1ccccc1. The van der Waals surface area contributed by atoms with Crippen LogP contribution in [0.4, 0.5) is 0 Å². The number of H-pyrrole nitrogens is 2. The lowest BCUT2D eigenvalue weighted by Gasteiger charge is -2.26. The molecule has 0 spiro atoms. The fourth-order valence-corrected chi connectivity index (χ4v) is 6.26. The Kier molecular flexibility index (Phi) is 5.79. The lowest BCUT2D eigenvalue weighted by Crippen LogP contribution is -2.13. The van der Waals surface area contributed by atoms with Crippen molar-refractivity contribution in [3.05, 3.63) is 162 Å². The van der Waals surface area contributed by atoms with E-state index < -0.39 is 0 Å². The third kappa shape index (κ3) is 4.38. The van der Waals surface area contributed by atoms with Crippen molar-refractivity contribution in [3.8, 4) is 0 Å². The van der Waals surface area contributed by atoms with Gasteiger partial charge in [0.2, 0.25) is 0 Å². The number of para-hydroxylation sites is 2. The lowest BCUT2D eigenvalue weighted by molar-refractivity contribution is 0.642. The number of allylic oxidation sites excluding steroid dienone is 6. The number of rotatable bonds is 5. The topological polar surface area (TPSA) is 31.6 Å². The van der Waals surface area contributed by atoms with Crippen LogP contribution in [-0.4, -0.2) is 9.97 Å². The number of benzene rings is 5. The summed E-state index contributed by atoms with van der Waals surface area (Å²) in [5.74, 6) is 0. The summed E-state index contributed by atoms with van der Waals surface area (Å²) in [5.41, 5.74) is 9.38. The molecular weight excluding hydrogens is 508 g/mol. The third-order valence-electron chi connectivity index (χ3n) is 8.59. The highest BCUT2D eigenvalue weighted by molar-refractivity contribution is 6.08. The van der Waals surface area contributed by atoms with E-state index in [0.717, 1.165) is 6.42 Å². The van der Waals surface area contributed by atoms with Crippen LogP contribution >= 0.6 is 0 Å². The summed E-state index contributed by atoms with van der Waals surface area (Å²) in [6.07, 6.45) is 17.2. The third-order valence-corrected chi connectivity index (χ3v) is 8.59. The highest BCUT2D eigenvalue weighted by Gasteiger charge is 2.23. The predicted molar refractivity (Wildman–Crippen MR) is 180 cm³/mol.